The zero-order valence-electron chi connectivity index (χ0n) is 11.9. The van der Waals surface area contributed by atoms with Crippen LogP contribution >= 0.6 is 0 Å². The van der Waals surface area contributed by atoms with Crippen LogP contribution in [0.25, 0.3) is 10.9 Å². The summed E-state index contributed by atoms with van der Waals surface area (Å²) in [5.41, 5.74) is 1.83. The third kappa shape index (κ3) is 5.15. The first kappa shape index (κ1) is 15.4. The summed E-state index contributed by atoms with van der Waals surface area (Å²) in [6.07, 6.45) is 1.75. The number of carbonyl (C=O) groups excluding carboxylic acids is 1. The molecule has 1 heterocycles. The van der Waals surface area contributed by atoms with Crippen molar-refractivity contribution >= 4 is 26.6 Å². The van der Waals surface area contributed by atoms with Crippen molar-refractivity contribution in [2.24, 2.45) is 0 Å². The summed E-state index contributed by atoms with van der Waals surface area (Å²) in [6.45, 7) is 0.452. The van der Waals surface area contributed by atoms with E-state index in [1.165, 1.54) is 0 Å². The highest BCUT2D eigenvalue weighted by Crippen LogP contribution is 2.11. The molecule has 0 unspecified atom stereocenters. The Morgan fingerprint density at radius 2 is 1.95 bits per heavy atom. The van der Waals surface area contributed by atoms with Gasteiger partial charge in [-0.1, -0.05) is 24.3 Å². The molecule has 1 aromatic carbocycles. The van der Waals surface area contributed by atoms with Gasteiger partial charge in [-0.15, -0.1) is 0 Å². The van der Waals surface area contributed by atoms with E-state index in [2.05, 4.69) is 10.3 Å². The van der Waals surface area contributed by atoms with Gasteiger partial charge in [-0.3, -0.25) is 9.78 Å². The van der Waals surface area contributed by atoms with Crippen LogP contribution < -0.4 is 5.32 Å². The average molecular weight is 306 g/mol. The lowest BCUT2D eigenvalue weighted by Crippen LogP contribution is -2.27. The van der Waals surface area contributed by atoms with Gasteiger partial charge in [0.2, 0.25) is 5.91 Å². The number of hydrogen-bond acceptors (Lipinski definition) is 4. The van der Waals surface area contributed by atoms with Gasteiger partial charge in [-0.2, -0.15) is 0 Å². The zero-order chi connectivity index (χ0) is 15.3. The van der Waals surface area contributed by atoms with Crippen LogP contribution in [0.4, 0.5) is 0 Å². The van der Waals surface area contributed by atoms with Gasteiger partial charge in [-0.25, -0.2) is 8.42 Å². The number of sulfone groups is 1. The summed E-state index contributed by atoms with van der Waals surface area (Å²) >= 11 is 0. The predicted octanol–water partition coefficient (Wildman–Crippen LogP) is 1.33. The van der Waals surface area contributed by atoms with E-state index in [9.17, 15) is 13.2 Å². The highest BCUT2D eigenvalue weighted by molar-refractivity contribution is 7.90. The van der Waals surface area contributed by atoms with Crippen molar-refractivity contribution < 1.29 is 13.2 Å². The SMILES string of the molecule is CS(=O)(=O)CCC(=O)NCCc1ccc2ccccc2n1. The first-order valence-corrected chi connectivity index (χ1v) is 8.79. The van der Waals surface area contributed by atoms with Crippen molar-refractivity contribution in [2.45, 2.75) is 12.8 Å². The molecule has 0 radical (unpaired) electrons. The van der Waals surface area contributed by atoms with Crippen molar-refractivity contribution in [1.29, 1.82) is 0 Å². The number of rotatable bonds is 6. The second kappa shape index (κ2) is 6.67. The molecule has 1 amide bonds. The molecular weight excluding hydrogens is 288 g/mol. The highest BCUT2D eigenvalue weighted by atomic mass is 32.2. The van der Waals surface area contributed by atoms with Crippen LogP contribution in [-0.2, 0) is 21.1 Å². The predicted molar refractivity (Wildman–Crippen MR) is 82.8 cm³/mol. The van der Waals surface area contributed by atoms with Gasteiger partial charge in [0.25, 0.3) is 0 Å². The number of carbonyl (C=O) groups is 1. The maximum atomic E-state index is 11.5. The molecule has 1 N–H and O–H groups in total. The molecule has 0 saturated heterocycles. The van der Waals surface area contributed by atoms with E-state index < -0.39 is 9.84 Å². The summed E-state index contributed by atoms with van der Waals surface area (Å²) in [5.74, 6) is -0.367. The maximum Gasteiger partial charge on any atom is 0.221 e. The van der Waals surface area contributed by atoms with Crippen molar-refractivity contribution in [3.63, 3.8) is 0 Å². The Labute approximate surface area is 124 Å². The van der Waals surface area contributed by atoms with Crippen molar-refractivity contribution in [2.75, 3.05) is 18.6 Å². The van der Waals surface area contributed by atoms with Crippen molar-refractivity contribution in [1.82, 2.24) is 10.3 Å². The standard InChI is InChI=1S/C15H18N2O3S/c1-21(19,20)11-9-15(18)16-10-8-13-7-6-12-4-2-3-5-14(12)17-13/h2-7H,8-11H2,1H3,(H,16,18). The fourth-order valence-electron chi connectivity index (χ4n) is 1.94. The molecule has 112 valence electrons. The highest BCUT2D eigenvalue weighted by Gasteiger charge is 2.07. The first-order valence-electron chi connectivity index (χ1n) is 6.73. The Morgan fingerprint density at radius 3 is 2.71 bits per heavy atom. The number of para-hydroxylation sites is 1. The minimum atomic E-state index is -3.09. The van der Waals surface area contributed by atoms with Gasteiger partial charge < -0.3 is 5.32 Å². The van der Waals surface area contributed by atoms with Crippen LogP contribution in [-0.4, -0.2) is 37.9 Å². The number of aromatic nitrogens is 1. The number of benzene rings is 1. The van der Waals surface area contributed by atoms with E-state index in [-0.39, 0.29) is 18.1 Å². The molecule has 0 aliphatic heterocycles. The molecule has 5 nitrogen and oxygen atoms in total. The molecule has 0 saturated carbocycles. The fourth-order valence-corrected chi connectivity index (χ4v) is 2.50. The summed E-state index contributed by atoms with van der Waals surface area (Å²) in [7, 11) is -3.09. The van der Waals surface area contributed by atoms with Crippen LogP contribution in [0.15, 0.2) is 36.4 Å². The van der Waals surface area contributed by atoms with E-state index >= 15 is 0 Å². The topological polar surface area (TPSA) is 76.1 Å². The number of pyridine rings is 1. The minimum absolute atomic E-state index is 0.00395. The largest absolute Gasteiger partial charge is 0.356 e. The number of nitrogens with one attached hydrogen (secondary N) is 1. The summed E-state index contributed by atoms with van der Waals surface area (Å²) < 4.78 is 21.9. The molecule has 2 rings (SSSR count). The van der Waals surface area contributed by atoms with E-state index in [1.54, 1.807) is 0 Å². The zero-order valence-corrected chi connectivity index (χ0v) is 12.7. The van der Waals surface area contributed by atoms with Crippen LogP contribution in [0.2, 0.25) is 0 Å². The normalized spacial score (nSPS) is 11.5. The second-order valence-corrected chi connectivity index (χ2v) is 7.23. The van der Waals surface area contributed by atoms with E-state index in [0.717, 1.165) is 22.9 Å². The first-order chi connectivity index (χ1) is 9.94. The van der Waals surface area contributed by atoms with Crippen LogP contribution in [0.5, 0.6) is 0 Å². The Bertz CT molecular complexity index is 741. The lowest BCUT2D eigenvalue weighted by atomic mass is 10.2. The molecule has 0 aliphatic rings. The smallest absolute Gasteiger partial charge is 0.221 e. The lowest BCUT2D eigenvalue weighted by Gasteiger charge is -2.05. The minimum Gasteiger partial charge on any atom is -0.356 e. The number of hydrogen-bond donors (Lipinski definition) is 1. The van der Waals surface area contributed by atoms with Gasteiger partial charge in [0.1, 0.15) is 9.84 Å². The number of fused-ring (bicyclic) bond motifs is 1. The molecule has 0 bridgehead atoms. The Balaban J connectivity index is 1.83. The number of amides is 1. The molecule has 0 aliphatic carbocycles. The van der Waals surface area contributed by atoms with Gasteiger partial charge in [0, 0.05) is 36.7 Å². The summed E-state index contributed by atoms with van der Waals surface area (Å²) in [5, 5.41) is 3.79. The van der Waals surface area contributed by atoms with Crippen molar-refractivity contribution in [3.05, 3.63) is 42.1 Å². The fraction of sp³-hybridized carbons (Fsp3) is 0.333. The lowest BCUT2D eigenvalue weighted by molar-refractivity contribution is -0.120. The Morgan fingerprint density at radius 1 is 1.19 bits per heavy atom. The Kier molecular flexibility index (Phi) is 4.90. The van der Waals surface area contributed by atoms with E-state index in [4.69, 9.17) is 0 Å². The Hall–Kier alpha value is -1.95. The van der Waals surface area contributed by atoms with Crippen LogP contribution in [0, 0.1) is 0 Å². The van der Waals surface area contributed by atoms with Gasteiger partial charge >= 0.3 is 0 Å². The van der Waals surface area contributed by atoms with Crippen LogP contribution in [0.3, 0.4) is 0 Å². The maximum absolute atomic E-state index is 11.5. The van der Waals surface area contributed by atoms with Gasteiger partial charge in [0.15, 0.2) is 0 Å². The van der Waals surface area contributed by atoms with Gasteiger partial charge in [0.05, 0.1) is 11.3 Å². The molecule has 6 heteroatoms. The summed E-state index contributed by atoms with van der Waals surface area (Å²) in [4.78, 5) is 16.0. The monoisotopic (exact) mass is 306 g/mol. The molecule has 2 aromatic rings. The molecule has 0 spiro atoms. The van der Waals surface area contributed by atoms with Crippen molar-refractivity contribution in [3.8, 4) is 0 Å². The quantitative estimate of drug-likeness (QED) is 0.873. The number of nitrogens with zero attached hydrogens (tertiary/aromatic N) is 1. The summed E-state index contributed by atoms with van der Waals surface area (Å²) in [6, 6.07) is 11.8. The molecular formula is C15H18N2O3S. The van der Waals surface area contributed by atoms with E-state index in [1.807, 2.05) is 36.4 Å². The third-order valence-electron chi connectivity index (χ3n) is 3.06. The van der Waals surface area contributed by atoms with Crippen LogP contribution in [0.1, 0.15) is 12.1 Å². The van der Waals surface area contributed by atoms with Gasteiger partial charge in [-0.05, 0) is 12.1 Å². The molecule has 0 fully saturated rings. The second-order valence-electron chi connectivity index (χ2n) is 4.98. The molecule has 0 atom stereocenters. The third-order valence-corrected chi connectivity index (χ3v) is 4.01. The average Bonchev–Trinajstić information content (AvgIpc) is 2.44. The molecule has 21 heavy (non-hydrogen) atoms. The van der Waals surface area contributed by atoms with E-state index in [0.29, 0.717) is 13.0 Å². The molecule has 1 aromatic heterocycles.